The van der Waals surface area contributed by atoms with Crippen LogP contribution in [0.5, 0.6) is 0 Å². The topological polar surface area (TPSA) is 22.8 Å². The Kier molecular flexibility index (Phi) is 8.35. The molecule has 11 aromatic rings. The molecule has 0 saturated carbocycles. The van der Waals surface area contributed by atoms with Crippen molar-refractivity contribution in [3.05, 3.63) is 212 Å². The molecular weight excluding hydrogens is 691 g/mol. The van der Waals surface area contributed by atoms with Crippen molar-refractivity contribution in [1.82, 2.24) is 14.1 Å². The number of hydrogen-bond donors (Lipinski definition) is 0. The van der Waals surface area contributed by atoms with Gasteiger partial charge < -0.3 is 9.13 Å². The Balaban J connectivity index is 0.00000396. The van der Waals surface area contributed by atoms with Crippen LogP contribution in [0.2, 0.25) is 0 Å². The molecule has 0 atom stereocenters. The molecule has 0 amide bonds. The third-order valence-electron chi connectivity index (χ3n) is 11.1. The van der Waals surface area contributed by atoms with E-state index < -0.39 is 0 Å². The van der Waals surface area contributed by atoms with Crippen molar-refractivity contribution in [3.63, 3.8) is 0 Å². The van der Waals surface area contributed by atoms with E-state index >= 15 is 0 Å². The Morgan fingerprint density at radius 1 is 0.263 bits per heavy atom. The van der Waals surface area contributed by atoms with E-state index in [0.717, 1.165) is 45.0 Å². The van der Waals surface area contributed by atoms with Gasteiger partial charge in [-0.15, -0.1) is 0 Å². The maximum absolute atomic E-state index is 5.44. The van der Waals surface area contributed by atoms with Crippen LogP contribution in [0.4, 0.5) is 0 Å². The number of para-hydroxylation sites is 4. The molecule has 57 heavy (non-hydrogen) atoms. The predicted molar refractivity (Wildman–Crippen MR) is 241 cm³/mol. The zero-order chi connectivity index (χ0) is 37.0. The van der Waals surface area contributed by atoms with Crippen LogP contribution in [0, 0.1) is 0 Å². The molecule has 0 unspecified atom stereocenters. The summed E-state index contributed by atoms with van der Waals surface area (Å²) in [6, 6.07) is 76.2. The first kappa shape index (κ1) is 34.0. The number of fused-ring (bicyclic) bond motifs is 6. The van der Waals surface area contributed by atoms with E-state index in [1.54, 1.807) is 0 Å². The predicted octanol–water partition coefficient (Wildman–Crippen LogP) is 14.6. The van der Waals surface area contributed by atoms with Crippen molar-refractivity contribution in [2.75, 3.05) is 0 Å². The summed E-state index contributed by atoms with van der Waals surface area (Å²) in [5.41, 5.74) is 15.6. The first-order valence-electron chi connectivity index (χ1n) is 19.1. The molecule has 0 spiro atoms. The second-order valence-corrected chi connectivity index (χ2v) is 14.4. The Hall–Kier alpha value is -7.49. The minimum absolute atomic E-state index is 0. The number of nitrogens with zero attached hydrogens (tertiary/aromatic N) is 3. The molecule has 0 aliphatic carbocycles. The molecule has 0 N–H and O–H groups in total. The van der Waals surface area contributed by atoms with Crippen molar-refractivity contribution < 1.29 is 0 Å². The van der Waals surface area contributed by atoms with Crippen LogP contribution in [0.1, 0.15) is 7.43 Å². The molecule has 270 valence electrons. The van der Waals surface area contributed by atoms with Crippen LogP contribution in [0.15, 0.2) is 212 Å². The zero-order valence-corrected chi connectivity index (χ0v) is 30.5. The summed E-state index contributed by atoms with van der Waals surface area (Å²) in [5, 5.41) is 4.99. The number of hydrogen-bond acceptors (Lipinski definition) is 1. The molecule has 3 heteroatoms. The zero-order valence-electron chi connectivity index (χ0n) is 30.5. The smallest absolute Gasteiger partial charge is 0.0716 e. The minimum atomic E-state index is 0. The van der Waals surface area contributed by atoms with Crippen molar-refractivity contribution in [2.24, 2.45) is 0 Å². The molecule has 0 fully saturated rings. The monoisotopic (exact) mass is 729 g/mol. The van der Waals surface area contributed by atoms with E-state index in [0.29, 0.717) is 0 Å². The number of benzene rings is 8. The summed E-state index contributed by atoms with van der Waals surface area (Å²) in [6.07, 6.45) is 0. The van der Waals surface area contributed by atoms with Crippen LogP contribution < -0.4 is 0 Å². The molecule has 0 aliphatic heterocycles. The van der Waals surface area contributed by atoms with Gasteiger partial charge in [0.1, 0.15) is 0 Å². The van der Waals surface area contributed by atoms with Crippen LogP contribution in [-0.4, -0.2) is 14.1 Å². The maximum Gasteiger partial charge on any atom is 0.0716 e. The second kappa shape index (κ2) is 14.0. The Labute approximate surface area is 332 Å². The lowest BCUT2D eigenvalue weighted by atomic mass is 9.97. The number of rotatable bonds is 6. The highest BCUT2D eigenvalue weighted by Gasteiger charge is 2.16. The van der Waals surface area contributed by atoms with Gasteiger partial charge in [0.2, 0.25) is 0 Å². The molecule has 3 nitrogen and oxygen atoms in total. The van der Waals surface area contributed by atoms with Gasteiger partial charge in [-0.2, -0.15) is 0 Å². The fraction of sp³-hybridized carbons (Fsp3) is 0.0185. The van der Waals surface area contributed by atoms with Gasteiger partial charge in [-0.05, 0) is 82.9 Å². The minimum Gasteiger partial charge on any atom is -0.309 e. The van der Waals surface area contributed by atoms with Crippen LogP contribution in [0.3, 0.4) is 0 Å². The largest absolute Gasteiger partial charge is 0.309 e. The molecular formula is C54H39N3. The van der Waals surface area contributed by atoms with E-state index in [-0.39, 0.29) is 7.43 Å². The summed E-state index contributed by atoms with van der Waals surface area (Å²) in [4.78, 5) is 5.44. The van der Waals surface area contributed by atoms with Crippen LogP contribution >= 0.6 is 0 Å². The lowest BCUT2D eigenvalue weighted by Gasteiger charge is -2.14. The Morgan fingerprint density at radius 3 is 1.02 bits per heavy atom. The van der Waals surface area contributed by atoms with Gasteiger partial charge in [-0.1, -0.05) is 159 Å². The summed E-state index contributed by atoms with van der Waals surface area (Å²) in [7, 11) is 0. The molecule has 0 saturated heterocycles. The molecule has 0 radical (unpaired) electrons. The van der Waals surface area contributed by atoms with Crippen LogP contribution in [0.25, 0.3) is 99.8 Å². The average molecular weight is 730 g/mol. The first-order valence-corrected chi connectivity index (χ1v) is 19.1. The molecule has 0 bridgehead atoms. The van der Waals surface area contributed by atoms with E-state index in [1.807, 2.05) is 0 Å². The maximum atomic E-state index is 5.44. The normalized spacial score (nSPS) is 11.4. The summed E-state index contributed by atoms with van der Waals surface area (Å²) >= 11 is 0. The first-order chi connectivity index (χ1) is 27.8. The fourth-order valence-corrected chi connectivity index (χ4v) is 8.49. The summed E-state index contributed by atoms with van der Waals surface area (Å²) < 4.78 is 4.74. The van der Waals surface area contributed by atoms with Crippen molar-refractivity contribution in [3.8, 4) is 56.1 Å². The van der Waals surface area contributed by atoms with E-state index in [4.69, 9.17) is 4.98 Å². The van der Waals surface area contributed by atoms with E-state index in [9.17, 15) is 0 Å². The molecule has 8 aromatic carbocycles. The van der Waals surface area contributed by atoms with Crippen molar-refractivity contribution >= 4 is 43.6 Å². The third-order valence-corrected chi connectivity index (χ3v) is 11.1. The van der Waals surface area contributed by atoms with Gasteiger partial charge in [0.15, 0.2) is 0 Å². The Morgan fingerprint density at radius 2 is 0.596 bits per heavy atom. The highest BCUT2D eigenvalue weighted by Crippen LogP contribution is 2.37. The lowest BCUT2D eigenvalue weighted by Crippen LogP contribution is -1.97. The van der Waals surface area contributed by atoms with E-state index in [1.165, 1.54) is 54.7 Å². The van der Waals surface area contributed by atoms with Crippen molar-refractivity contribution in [2.45, 2.75) is 7.43 Å². The van der Waals surface area contributed by atoms with Gasteiger partial charge in [-0.3, -0.25) is 0 Å². The highest BCUT2D eigenvalue weighted by atomic mass is 15.0. The summed E-state index contributed by atoms with van der Waals surface area (Å²) in [6.45, 7) is 0. The van der Waals surface area contributed by atoms with Gasteiger partial charge in [0.25, 0.3) is 0 Å². The highest BCUT2D eigenvalue weighted by molar-refractivity contribution is 6.10. The van der Waals surface area contributed by atoms with Crippen molar-refractivity contribution in [1.29, 1.82) is 0 Å². The molecule has 3 aromatic heterocycles. The quantitative estimate of drug-likeness (QED) is 0.167. The van der Waals surface area contributed by atoms with Gasteiger partial charge in [0.05, 0.1) is 33.5 Å². The average Bonchev–Trinajstić information content (AvgIpc) is 3.80. The standard InChI is InChI=1S/C53H35N3.CH4/c1-2-14-36(15-3-1)37-28-30-38(31-29-37)41-34-48(39-16-12-18-42(32-39)55-50-24-8-4-20-44(50)45-21-5-9-25-51(45)55)54-49(35-41)40-17-13-19-43(33-40)56-52-26-10-6-22-46(52)47-23-7-11-27-53(47)56;/h1-35H;1H4. The molecule has 11 rings (SSSR count). The number of pyridine rings is 1. The third kappa shape index (κ3) is 5.80. The van der Waals surface area contributed by atoms with Crippen LogP contribution in [-0.2, 0) is 0 Å². The Bertz CT molecular complexity index is 2960. The van der Waals surface area contributed by atoms with E-state index in [2.05, 4.69) is 221 Å². The summed E-state index contributed by atoms with van der Waals surface area (Å²) in [5.74, 6) is 0. The second-order valence-electron chi connectivity index (χ2n) is 14.4. The molecule has 3 heterocycles. The van der Waals surface area contributed by atoms with Gasteiger partial charge in [0, 0.05) is 44.0 Å². The lowest BCUT2D eigenvalue weighted by molar-refractivity contribution is 1.17. The number of aromatic nitrogens is 3. The SMILES string of the molecule is C.c1ccc(-c2ccc(-c3cc(-c4cccc(-n5c6ccccc6c6ccccc65)c4)nc(-c4cccc(-n5c6ccccc6c6ccccc65)c4)c3)cc2)cc1. The fourth-order valence-electron chi connectivity index (χ4n) is 8.49. The molecule has 0 aliphatic rings. The van der Waals surface area contributed by atoms with Gasteiger partial charge in [-0.25, -0.2) is 4.98 Å². The van der Waals surface area contributed by atoms with Gasteiger partial charge >= 0.3 is 0 Å².